The molecule has 0 saturated heterocycles. The number of nitrogens with zero attached hydrogens (tertiary/aromatic N) is 2. The van der Waals surface area contributed by atoms with Crippen molar-refractivity contribution in [2.24, 2.45) is 0 Å². The lowest BCUT2D eigenvalue weighted by atomic mass is 9.93. The summed E-state index contributed by atoms with van der Waals surface area (Å²) in [5.74, 6) is -0.445. The van der Waals surface area contributed by atoms with Crippen LogP contribution in [0.15, 0.2) is 42.6 Å². The number of ether oxygens (including phenoxy) is 2. The zero-order chi connectivity index (χ0) is 17.8. The lowest BCUT2D eigenvalue weighted by Gasteiger charge is -2.35. The number of methoxy groups -OCH3 is 1. The van der Waals surface area contributed by atoms with Gasteiger partial charge in [0.2, 0.25) is 5.88 Å². The molecule has 1 aromatic heterocycles. The Labute approximate surface area is 146 Å². The summed E-state index contributed by atoms with van der Waals surface area (Å²) in [4.78, 5) is 31.2. The average molecular weight is 340 g/mol. The van der Waals surface area contributed by atoms with E-state index in [4.69, 9.17) is 9.47 Å². The number of aromatic nitrogens is 1. The number of pyridine rings is 1. The predicted molar refractivity (Wildman–Crippen MR) is 91.2 cm³/mol. The van der Waals surface area contributed by atoms with Crippen molar-refractivity contribution in [3.63, 3.8) is 0 Å². The van der Waals surface area contributed by atoms with Crippen LogP contribution in [0.1, 0.15) is 28.4 Å². The van der Waals surface area contributed by atoms with Gasteiger partial charge in [0.1, 0.15) is 11.6 Å². The molecule has 1 atom stereocenters. The molecule has 0 saturated carbocycles. The van der Waals surface area contributed by atoms with E-state index in [-0.39, 0.29) is 18.4 Å². The zero-order valence-corrected chi connectivity index (χ0v) is 14.3. The molecular weight excluding hydrogens is 320 g/mol. The summed E-state index contributed by atoms with van der Waals surface area (Å²) in [6, 6.07) is 10.5. The van der Waals surface area contributed by atoms with Gasteiger partial charge in [0.15, 0.2) is 0 Å². The number of rotatable bonds is 4. The molecule has 6 heteroatoms. The van der Waals surface area contributed by atoms with Crippen LogP contribution in [0.5, 0.6) is 5.88 Å². The Bertz CT molecular complexity index is 790. The van der Waals surface area contributed by atoms with Gasteiger partial charge in [-0.2, -0.15) is 0 Å². The molecule has 1 unspecified atom stereocenters. The van der Waals surface area contributed by atoms with Gasteiger partial charge in [-0.3, -0.25) is 4.79 Å². The lowest BCUT2D eigenvalue weighted by molar-refractivity contribution is -0.149. The quantitative estimate of drug-likeness (QED) is 0.798. The molecule has 3 rings (SSSR count). The molecule has 1 aliphatic rings. The van der Waals surface area contributed by atoms with E-state index in [1.807, 2.05) is 24.3 Å². The number of amides is 1. The topological polar surface area (TPSA) is 68.7 Å². The van der Waals surface area contributed by atoms with Gasteiger partial charge in [0.05, 0.1) is 13.7 Å². The Morgan fingerprint density at radius 3 is 2.68 bits per heavy atom. The highest BCUT2D eigenvalue weighted by atomic mass is 16.5. The summed E-state index contributed by atoms with van der Waals surface area (Å²) < 4.78 is 10.4. The fourth-order valence-corrected chi connectivity index (χ4v) is 3.06. The average Bonchev–Trinajstić information content (AvgIpc) is 2.66. The molecule has 0 N–H and O–H groups in total. The second-order valence-electron chi connectivity index (χ2n) is 5.73. The summed E-state index contributed by atoms with van der Waals surface area (Å²) >= 11 is 0. The molecule has 0 aliphatic carbocycles. The molecule has 1 aliphatic heterocycles. The summed E-state index contributed by atoms with van der Waals surface area (Å²) in [6.45, 7) is 2.37. The van der Waals surface area contributed by atoms with Gasteiger partial charge in [-0.15, -0.1) is 0 Å². The molecule has 6 nitrogen and oxygen atoms in total. The Balaban J connectivity index is 1.98. The SMILES string of the molecule is CCOC(=O)C1Cc2ccccc2CN1C(=O)c1cccnc1OC. The number of hydrogen-bond acceptors (Lipinski definition) is 5. The van der Waals surface area contributed by atoms with Gasteiger partial charge in [-0.25, -0.2) is 9.78 Å². The van der Waals surface area contributed by atoms with E-state index in [0.29, 0.717) is 18.5 Å². The zero-order valence-electron chi connectivity index (χ0n) is 14.3. The Morgan fingerprint density at radius 2 is 1.96 bits per heavy atom. The standard InChI is InChI=1S/C19H20N2O4/c1-3-25-19(23)16-11-13-7-4-5-8-14(13)12-21(16)18(22)15-9-6-10-20-17(15)24-2/h4-10,16H,3,11-12H2,1-2H3. The molecule has 0 radical (unpaired) electrons. The van der Waals surface area contributed by atoms with Gasteiger partial charge in [0, 0.05) is 19.2 Å². The van der Waals surface area contributed by atoms with Crippen molar-refractivity contribution in [3.05, 3.63) is 59.3 Å². The van der Waals surface area contributed by atoms with Gasteiger partial charge < -0.3 is 14.4 Å². The first-order chi connectivity index (χ1) is 12.2. The minimum atomic E-state index is -0.660. The first-order valence-corrected chi connectivity index (χ1v) is 8.19. The second kappa shape index (κ2) is 7.34. The van der Waals surface area contributed by atoms with Crippen LogP contribution in [-0.4, -0.2) is 41.5 Å². The lowest BCUT2D eigenvalue weighted by Crippen LogP contribution is -2.49. The van der Waals surface area contributed by atoms with Crippen LogP contribution < -0.4 is 4.74 Å². The van der Waals surface area contributed by atoms with E-state index in [1.165, 1.54) is 7.11 Å². The van der Waals surface area contributed by atoms with Gasteiger partial charge in [-0.1, -0.05) is 24.3 Å². The largest absolute Gasteiger partial charge is 0.480 e. The van der Waals surface area contributed by atoms with Crippen LogP contribution in [0.3, 0.4) is 0 Å². The molecule has 130 valence electrons. The maximum absolute atomic E-state index is 13.1. The number of carbonyl (C=O) groups is 2. The fourth-order valence-electron chi connectivity index (χ4n) is 3.06. The van der Waals surface area contributed by atoms with E-state index < -0.39 is 12.0 Å². The van der Waals surface area contributed by atoms with Crippen LogP contribution in [0.25, 0.3) is 0 Å². The van der Waals surface area contributed by atoms with E-state index in [0.717, 1.165) is 11.1 Å². The van der Waals surface area contributed by atoms with Crippen LogP contribution in [0.2, 0.25) is 0 Å². The van der Waals surface area contributed by atoms with E-state index in [9.17, 15) is 9.59 Å². The van der Waals surface area contributed by atoms with Crippen LogP contribution >= 0.6 is 0 Å². The molecule has 2 aromatic rings. The highest BCUT2D eigenvalue weighted by Gasteiger charge is 2.36. The molecule has 25 heavy (non-hydrogen) atoms. The normalized spacial score (nSPS) is 16.1. The third-order valence-electron chi connectivity index (χ3n) is 4.26. The maximum Gasteiger partial charge on any atom is 0.329 e. The number of esters is 1. The van der Waals surface area contributed by atoms with Crippen molar-refractivity contribution in [2.45, 2.75) is 25.9 Å². The van der Waals surface area contributed by atoms with E-state index >= 15 is 0 Å². The maximum atomic E-state index is 13.1. The van der Waals surface area contributed by atoms with Crippen molar-refractivity contribution in [3.8, 4) is 5.88 Å². The molecule has 0 spiro atoms. The van der Waals surface area contributed by atoms with E-state index in [1.54, 1.807) is 30.2 Å². The first kappa shape index (κ1) is 17.0. The smallest absolute Gasteiger partial charge is 0.329 e. The van der Waals surface area contributed by atoms with Crippen molar-refractivity contribution in [1.29, 1.82) is 0 Å². The van der Waals surface area contributed by atoms with Crippen LogP contribution in [-0.2, 0) is 22.5 Å². The molecule has 0 bridgehead atoms. The van der Waals surface area contributed by atoms with Gasteiger partial charge >= 0.3 is 5.97 Å². The van der Waals surface area contributed by atoms with Crippen molar-refractivity contribution >= 4 is 11.9 Å². The molecule has 1 amide bonds. The highest BCUT2D eigenvalue weighted by molar-refractivity contribution is 5.99. The Kier molecular flexibility index (Phi) is 4.97. The number of benzene rings is 1. The molecule has 1 aromatic carbocycles. The van der Waals surface area contributed by atoms with Crippen LogP contribution in [0.4, 0.5) is 0 Å². The monoisotopic (exact) mass is 340 g/mol. The minimum Gasteiger partial charge on any atom is -0.480 e. The number of hydrogen-bond donors (Lipinski definition) is 0. The van der Waals surface area contributed by atoms with Crippen molar-refractivity contribution in [1.82, 2.24) is 9.88 Å². The summed E-state index contributed by atoms with van der Waals surface area (Å²) in [5, 5.41) is 0. The number of fused-ring (bicyclic) bond motifs is 1. The van der Waals surface area contributed by atoms with Crippen LogP contribution in [0, 0.1) is 0 Å². The summed E-state index contributed by atoms with van der Waals surface area (Å²) in [5.41, 5.74) is 2.42. The van der Waals surface area contributed by atoms with Crippen molar-refractivity contribution < 1.29 is 19.1 Å². The third kappa shape index (κ3) is 3.33. The minimum absolute atomic E-state index is 0.244. The Hall–Kier alpha value is -2.89. The van der Waals surface area contributed by atoms with Gasteiger partial charge in [-0.05, 0) is 30.2 Å². The van der Waals surface area contributed by atoms with Crippen molar-refractivity contribution in [2.75, 3.05) is 13.7 Å². The summed E-state index contributed by atoms with van der Waals surface area (Å²) in [7, 11) is 1.47. The predicted octanol–water partition coefficient (Wildman–Crippen LogP) is 2.22. The highest BCUT2D eigenvalue weighted by Crippen LogP contribution is 2.27. The number of carbonyl (C=O) groups excluding carboxylic acids is 2. The third-order valence-corrected chi connectivity index (χ3v) is 4.26. The second-order valence-corrected chi connectivity index (χ2v) is 5.73. The Morgan fingerprint density at radius 1 is 1.20 bits per heavy atom. The van der Waals surface area contributed by atoms with Gasteiger partial charge in [0.25, 0.3) is 5.91 Å². The molecule has 2 heterocycles. The van der Waals surface area contributed by atoms with E-state index in [2.05, 4.69) is 4.98 Å². The fraction of sp³-hybridized carbons (Fsp3) is 0.316. The first-order valence-electron chi connectivity index (χ1n) is 8.19. The summed E-state index contributed by atoms with van der Waals surface area (Å²) in [6.07, 6.45) is 1.99. The molecule has 0 fully saturated rings. The molecular formula is C19H20N2O4.